The van der Waals surface area contributed by atoms with Gasteiger partial charge in [-0.1, -0.05) is 29.8 Å². The lowest BCUT2D eigenvalue weighted by Gasteiger charge is -2.32. The third-order valence-electron chi connectivity index (χ3n) is 5.93. The Hall–Kier alpha value is -2.38. The van der Waals surface area contributed by atoms with Gasteiger partial charge in [0.2, 0.25) is 15.9 Å². The minimum atomic E-state index is -3.66. The topological polar surface area (TPSA) is 75.7 Å². The number of ether oxygens (including phenoxy) is 1. The normalized spacial score (nSPS) is 18.4. The van der Waals surface area contributed by atoms with E-state index in [0.29, 0.717) is 24.3 Å². The number of hydrogen-bond donors (Lipinski definition) is 1. The molecule has 0 radical (unpaired) electrons. The summed E-state index contributed by atoms with van der Waals surface area (Å²) in [6, 6.07) is 11.2. The number of amides is 1. The summed E-state index contributed by atoms with van der Waals surface area (Å²) >= 11 is 0. The van der Waals surface area contributed by atoms with Crippen molar-refractivity contribution in [3.8, 4) is 5.75 Å². The van der Waals surface area contributed by atoms with E-state index in [-0.39, 0.29) is 24.4 Å². The number of methoxy groups -OCH3 is 1. The van der Waals surface area contributed by atoms with Crippen LogP contribution in [0.25, 0.3) is 0 Å². The fourth-order valence-electron chi connectivity index (χ4n) is 4.38. The predicted octanol–water partition coefficient (Wildman–Crippen LogP) is 3.90. The van der Waals surface area contributed by atoms with Crippen molar-refractivity contribution in [2.75, 3.05) is 20.2 Å². The number of carbonyl (C=O) groups excluding carboxylic acids is 1. The maximum absolute atomic E-state index is 13.4. The summed E-state index contributed by atoms with van der Waals surface area (Å²) < 4.78 is 33.4. The maximum Gasteiger partial charge on any atom is 0.243 e. The summed E-state index contributed by atoms with van der Waals surface area (Å²) in [5, 5.41) is 3.04. The number of nitrogens with zero attached hydrogens (tertiary/aromatic N) is 1. The van der Waals surface area contributed by atoms with Crippen molar-refractivity contribution < 1.29 is 17.9 Å². The molecule has 1 N–H and O–H groups in total. The third kappa shape index (κ3) is 5.10. The second kappa shape index (κ2) is 9.40. The van der Waals surface area contributed by atoms with Gasteiger partial charge < -0.3 is 10.1 Å². The first-order valence-corrected chi connectivity index (χ1v) is 12.1. The SMILES string of the molecule is COc1ccc([C@H](C)NC(=O)[C@H]2CCCN(S(=O)(=O)c3c(C)cc(C)cc3C)C2)cc1. The fourth-order valence-corrected chi connectivity index (χ4v) is 6.32. The molecule has 2 atom stereocenters. The number of sulfonamides is 1. The summed E-state index contributed by atoms with van der Waals surface area (Å²) in [4.78, 5) is 13.3. The maximum atomic E-state index is 13.4. The van der Waals surface area contributed by atoms with Crippen LogP contribution in [0, 0.1) is 26.7 Å². The van der Waals surface area contributed by atoms with Gasteiger partial charge >= 0.3 is 0 Å². The number of aryl methyl sites for hydroxylation is 3. The summed E-state index contributed by atoms with van der Waals surface area (Å²) in [5.41, 5.74) is 3.51. The monoisotopic (exact) mass is 444 g/mol. The quantitative estimate of drug-likeness (QED) is 0.733. The number of nitrogens with one attached hydrogen (secondary N) is 1. The molecular weight excluding hydrogens is 412 g/mol. The molecule has 1 saturated heterocycles. The predicted molar refractivity (Wildman–Crippen MR) is 122 cm³/mol. The van der Waals surface area contributed by atoms with Crippen molar-refractivity contribution in [2.45, 2.75) is 51.5 Å². The highest BCUT2D eigenvalue weighted by Crippen LogP contribution is 2.29. The third-order valence-corrected chi connectivity index (χ3v) is 8.10. The number of rotatable bonds is 6. The molecule has 31 heavy (non-hydrogen) atoms. The van der Waals surface area contributed by atoms with Gasteiger partial charge in [0.25, 0.3) is 0 Å². The largest absolute Gasteiger partial charge is 0.497 e. The van der Waals surface area contributed by atoms with E-state index in [1.165, 1.54) is 4.31 Å². The van der Waals surface area contributed by atoms with E-state index in [4.69, 9.17) is 4.74 Å². The zero-order chi connectivity index (χ0) is 22.8. The Balaban J connectivity index is 1.73. The molecular formula is C24H32N2O4S. The average molecular weight is 445 g/mol. The first-order chi connectivity index (χ1) is 14.6. The van der Waals surface area contributed by atoms with Crippen molar-refractivity contribution in [1.29, 1.82) is 0 Å². The molecule has 2 aromatic carbocycles. The smallest absolute Gasteiger partial charge is 0.243 e. The highest BCUT2D eigenvalue weighted by Gasteiger charge is 2.35. The second-order valence-corrected chi connectivity index (χ2v) is 10.3. The lowest BCUT2D eigenvalue weighted by molar-refractivity contribution is -0.126. The van der Waals surface area contributed by atoms with Gasteiger partial charge in [-0.2, -0.15) is 4.31 Å². The number of piperidine rings is 1. The molecule has 1 aliphatic rings. The van der Waals surface area contributed by atoms with Gasteiger partial charge in [0.1, 0.15) is 5.75 Å². The molecule has 168 valence electrons. The Bertz CT molecular complexity index is 1020. The lowest BCUT2D eigenvalue weighted by Crippen LogP contribution is -2.46. The molecule has 2 aromatic rings. The molecule has 1 heterocycles. The van der Waals surface area contributed by atoms with E-state index in [0.717, 1.165) is 28.0 Å². The van der Waals surface area contributed by atoms with Crippen molar-refractivity contribution in [1.82, 2.24) is 9.62 Å². The number of hydrogen-bond acceptors (Lipinski definition) is 4. The zero-order valence-electron chi connectivity index (χ0n) is 18.9. The van der Waals surface area contributed by atoms with Crippen LogP contribution in [0.2, 0.25) is 0 Å². The molecule has 3 rings (SSSR count). The molecule has 0 unspecified atom stereocenters. The molecule has 1 fully saturated rings. The molecule has 6 nitrogen and oxygen atoms in total. The molecule has 1 aliphatic heterocycles. The van der Waals surface area contributed by atoms with Gasteiger partial charge in [-0.3, -0.25) is 4.79 Å². The Labute approximate surface area is 185 Å². The lowest BCUT2D eigenvalue weighted by atomic mass is 9.98. The molecule has 1 amide bonds. The molecule has 0 bridgehead atoms. The van der Waals surface area contributed by atoms with Crippen LogP contribution in [0.5, 0.6) is 5.75 Å². The first kappa shape index (κ1) is 23.3. The number of carbonyl (C=O) groups is 1. The van der Waals surface area contributed by atoms with E-state index >= 15 is 0 Å². The van der Waals surface area contributed by atoms with Gasteiger partial charge in [0, 0.05) is 13.1 Å². The van der Waals surface area contributed by atoms with E-state index in [9.17, 15) is 13.2 Å². The van der Waals surface area contributed by atoms with Crippen molar-refractivity contribution in [2.24, 2.45) is 5.92 Å². The minimum absolute atomic E-state index is 0.111. The summed E-state index contributed by atoms with van der Waals surface area (Å²) in [6.07, 6.45) is 1.34. The summed E-state index contributed by atoms with van der Waals surface area (Å²) in [6.45, 7) is 8.19. The van der Waals surface area contributed by atoms with E-state index in [1.54, 1.807) is 7.11 Å². The van der Waals surface area contributed by atoms with E-state index < -0.39 is 10.0 Å². The second-order valence-electron chi connectivity index (χ2n) is 8.43. The molecule has 0 aromatic heterocycles. The highest BCUT2D eigenvalue weighted by atomic mass is 32.2. The van der Waals surface area contributed by atoms with E-state index in [2.05, 4.69) is 5.32 Å². The molecule has 7 heteroatoms. The van der Waals surface area contributed by atoms with Gasteiger partial charge in [0.05, 0.1) is 24.0 Å². The summed E-state index contributed by atoms with van der Waals surface area (Å²) in [7, 11) is -2.04. The summed E-state index contributed by atoms with van der Waals surface area (Å²) in [5.74, 6) is 0.285. The van der Waals surface area contributed by atoms with E-state index in [1.807, 2.05) is 64.1 Å². The highest BCUT2D eigenvalue weighted by molar-refractivity contribution is 7.89. The fraction of sp³-hybridized carbons (Fsp3) is 0.458. The molecule has 0 saturated carbocycles. The zero-order valence-corrected chi connectivity index (χ0v) is 19.8. The minimum Gasteiger partial charge on any atom is -0.497 e. The van der Waals surface area contributed by atoms with Gasteiger partial charge in [-0.15, -0.1) is 0 Å². The van der Waals surface area contributed by atoms with Crippen molar-refractivity contribution in [3.63, 3.8) is 0 Å². The number of benzene rings is 2. The van der Waals surface area contributed by atoms with Gasteiger partial charge in [-0.25, -0.2) is 8.42 Å². The van der Waals surface area contributed by atoms with Crippen molar-refractivity contribution >= 4 is 15.9 Å². The van der Waals surface area contributed by atoms with Crippen LogP contribution in [0.15, 0.2) is 41.3 Å². The Morgan fingerprint density at radius 3 is 2.32 bits per heavy atom. The Morgan fingerprint density at radius 2 is 1.74 bits per heavy atom. The van der Waals surface area contributed by atoms with Crippen LogP contribution in [-0.4, -0.2) is 38.8 Å². The van der Waals surface area contributed by atoms with Crippen molar-refractivity contribution in [3.05, 3.63) is 58.7 Å². The standard InChI is InChI=1S/C24H32N2O4S/c1-16-13-17(2)23(18(3)14-16)31(28,29)26-12-6-7-21(15-26)24(27)25-19(4)20-8-10-22(30-5)11-9-20/h8-11,13-14,19,21H,6-7,12,15H2,1-5H3,(H,25,27)/t19-,21-/m0/s1. The molecule has 0 aliphatic carbocycles. The Kier molecular flexibility index (Phi) is 7.06. The van der Waals surface area contributed by atoms with Gasteiger partial charge in [0.15, 0.2) is 0 Å². The Morgan fingerprint density at radius 1 is 1.13 bits per heavy atom. The van der Waals surface area contributed by atoms with Crippen LogP contribution in [0.4, 0.5) is 0 Å². The van der Waals surface area contributed by atoms with Crippen LogP contribution in [-0.2, 0) is 14.8 Å². The van der Waals surface area contributed by atoms with Crippen LogP contribution >= 0.6 is 0 Å². The average Bonchev–Trinajstić information content (AvgIpc) is 2.73. The first-order valence-electron chi connectivity index (χ1n) is 10.7. The molecule has 0 spiro atoms. The van der Waals surface area contributed by atoms with Crippen LogP contribution in [0.1, 0.15) is 48.1 Å². The van der Waals surface area contributed by atoms with Crippen LogP contribution in [0.3, 0.4) is 0 Å². The van der Waals surface area contributed by atoms with Gasteiger partial charge in [-0.05, 0) is 69.4 Å². The van der Waals surface area contributed by atoms with Crippen LogP contribution < -0.4 is 10.1 Å².